The summed E-state index contributed by atoms with van der Waals surface area (Å²) >= 11 is 0. The smallest absolute Gasteiger partial charge is 0.155 e. The summed E-state index contributed by atoms with van der Waals surface area (Å²) in [7, 11) is -3.15. The van der Waals surface area contributed by atoms with Crippen molar-refractivity contribution in [1.82, 2.24) is 0 Å². The average Bonchev–Trinajstić information content (AvgIpc) is 2.37. The van der Waals surface area contributed by atoms with Crippen molar-refractivity contribution in [3.63, 3.8) is 0 Å². The molecule has 0 saturated carbocycles. The maximum atomic E-state index is 12.2. The van der Waals surface area contributed by atoms with Crippen LogP contribution in [0.5, 0.6) is 0 Å². The molecule has 0 spiro atoms. The lowest BCUT2D eigenvalue weighted by atomic mass is 10.1. The van der Waals surface area contributed by atoms with Gasteiger partial charge in [-0.05, 0) is 30.4 Å². The summed E-state index contributed by atoms with van der Waals surface area (Å²) in [6.07, 6.45) is 0.970. The number of rotatable bonds is 6. The van der Waals surface area contributed by atoms with Gasteiger partial charge in [-0.3, -0.25) is 0 Å². The third kappa shape index (κ3) is 4.32. The monoisotopic (exact) mass is 283 g/mol. The molecule has 19 heavy (non-hydrogen) atoms. The molecule has 3 nitrogen and oxygen atoms in total. The fourth-order valence-electron chi connectivity index (χ4n) is 1.91. The second kappa shape index (κ2) is 6.53. The predicted molar refractivity (Wildman–Crippen MR) is 80.8 cm³/mol. The summed E-state index contributed by atoms with van der Waals surface area (Å²) < 4.78 is 24.4. The molecule has 0 amide bonds. The van der Waals surface area contributed by atoms with Gasteiger partial charge in [-0.1, -0.05) is 45.0 Å². The zero-order valence-electron chi connectivity index (χ0n) is 12.3. The lowest BCUT2D eigenvalue weighted by Crippen LogP contribution is -2.31. The lowest BCUT2D eigenvalue weighted by Gasteiger charge is -2.19. The molecule has 0 radical (unpaired) electrons. The Morgan fingerprint density at radius 2 is 1.63 bits per heavy atom. The minimum atomic E-state index is -3.15. The fraction of sp³-hybridized carbons (Fsp3) is 0.600. The van der Waals surface area contributed by atoms with Gasteiger partial charge in [0.2, 0.25) is 0 Å². The first-order chi connectivity index (χ1) is 8.77. The van der Waals surface area contributed by atoms with Crippen molar-refractivity contribution in [2.75, 3.05) is 5.75 Å². The summed E-state index contributed by atoms with van der Waals surface area (Å²) in [5.74, 6) is 0.123. The SMILES string of the molecule is CCc1ccc(C(N)CS(=O)(=O)C(C)C(C)C)cc1. The molecule has 0 saturated heterocycles. The Bertz CT molecular complexity index is 491. The molecule has 1 rings (SSSR count). The van der Waals surface area contributed by atoms with Crippen molar-refractivity contribution in [2.24, 2.45) is 11.7 Å². The summed E-state index contributed by atoms with van der Waals surface area (Å²) in [4.78, 5) is 0. The molecule has 0 aliphatic heterocycles. The Morgan fingerprint density at radius 1 is 1.11 bits per heavy atom. The van der Waals surface area contributed by atoms with E-state index in [9.17, 15) is 8.42 Å². The topological polar surface area (TPSA) is 60.2 Å². The quantitative estimate of drug-likeness (QED) is 0.873. The Hall–Kier alpha value is -0.870. The van der Waals surface area contributed by atoms with Crippen molar-refractivity contribution in [1.29, 1.82) is 0 Å². The summed E-state index contributed by atoms with van der Waals surface area (Å²) in [5, 5.41) is -0.353. The highest BCUT2D eigenvalue weighted by Crippen LogP contribution is 2.19. The van der Waals surface area contributed by atoms with E-state index in [1.165, 1.54) is 5.56 Å². The van der Waals surface area contributed by atoms with E-state index in [-0.39, 0.29) is 16.9 Å². The number of benzene rings is 1. The van der Waals surface area contributed by atoms with Crippen LogP contribution in [0.2, 0.25) is 0 Å². The van der Waals surface area contributed by atoms with Crippen molar-refractivity contribution >= 4 is 9.84 Å². The standard InChI is InChI=1S/C15H25NO2S/c1-5-13-6-8-14(9-7-13)15(16)10-19(17,18)12(4)11(2)3/h6-9,11-12,15H,5,10,16H2,1-4H3. The molecule has 0 aliphatic rings. The molecule has 4 heteroatoms. The summed E-state index contributed by atoms with van der Waals surface area (Å²) in [5.41, 5.74) is 8.15. The second-order valence-corrected chi connectivity index (χ2v) is 7.88. The van der Waals surface area contributed by atoms with E-state index in [1.807, 2.05) is 38.1 Å². The molecule has 0 aromatic heterocycles. The van der Waals surface area contributed by atoms with Gasteiger partial charge in [0.05, 0.1) is 11.0 Å². The summed E-state index contributed by atoms with van der Waals surface area (Å²) in [6, 6.07) is 7.43. The van der Waals surface area contributed by atoms with Crippen molar-refractivity contribution in [2.45, 2.75) is 45.4 Å². The number of hydrogen-bond acceptors (Lipinski definition) is 3. The van der Waals surface area contributed by atoms with Gasteiger partial charge in [0.15, 0.2) is 9.84 Å². The molecular weight excluding hydrogens is 258 g/mol. The third-order valence-corrected chi connectivity index (χ3v) is 6.23. The zero-order chi connectivity index (χ0) is 14.6. The van der Waals surface area contributed by atoms with Gasteiger partial charge in [-0.25, -0.2) is 8.42 Å². The molecule has 0 bridgehead atoms. The maximum absolute atomic E-state index is 12.2. The van der Waals surface area contributed by atoms with E-state index in [1.54, 1.807) is 6.92 Å². The van der Waals surface area contributed by atoms with Crippen LogP contribution >= 0.6 is 0 Å². The van der Waals surface area contributed by atoms with E-state index in [4.69, 9.17) is 5.73 Å². The molecule has 2 unspecified atom stereocenters. The average molecular weight is 283 g/mol. The first-order valence-corrected chi connectivity index (χ1v) is 8.55. The highest BCUT2D eigenvalue weighted by atomic mass is 32.2. The van der Waals surface area contributed by atoms with Gasteiger partial charge in [0, 0.05) is 6.04 Å². The van der Waals surface area contributed by atoms with E-state index in [2.05, 4.69) is 6.92 Å². The molecule has 108 valence electrons. The van der Waals surface area contributed by atoms with Crippen molar-refractivity contribution < 1.29 is 8.42 Å². The number of nitrogens with two attached hydrogens (primary N) is 1. The molecular formula is C15H25NO2S. The molecule has 1 aromatic carbocycles. The van der Waals surface area contributed by atoms with Crippen molar-refractivity contribution in [3.8, 4) is 0 Å². The van der Waals surface area contributed by atoms with Gasteiger partial charge >= 0.3 is 0 Å². The van der Waals surface area contributed by atoms with E-state index >= 15 is 0 Å². The number of sulfone groups is 1. The molecule has 0 fully saturated rings. The van der Waals surface area contributed by atoms with Gasteiger partial charge in [0.1, 0.15) is 0 Å². The lowest BCUT2D eigenvalue weighted by molar-refractivity contribution is 0.540. The van der Waals surface area contributed by atoms with E-state index in [0.29, 0.717) is 0 Å². The normalized spacial score (nSPS) is 15.5. The Kier molecular flexibility index (Phi) is 5.56. The minimum absolute atomic E-state index is 0.0117. The van der Waals surface area contributed by atoms with E-state index < -0.39 is 15.9 Å². The molecule has 2 atom stereocenters. The Labute approximate surface area is 117 Å². The zero-order valence-corrected chi connectivity index (χ0v) is 13.1. The Morgan fingerprint density at radius 3 is 2.05 bits per heavy atom. The van der Waals surface area contributed by atoms with Gasteiger partial charge in [-0.2, -0.15) is 0 Å². The predicted octanol–water partition coefficient (Wildman–Crippen LogP) is 2.71. The Balaban J connectivity index is 2.81. The minimum Gasteiger partial charge on any atom is -0.323 e. The second-order valence-electron chi connectivity index (χ2n) is 5.48. The van der Waals surface area contributed by atoms with Crippen LogP contribution in [-0.4, -0.2) is 19.4 Å². The van der Waals surface area contributed by atoms with Crippen LogP contribution in [0.15, 0.2) is 24.3 Å². The third-order valence-electron chi connectivity index (χ3n) is 3.73. The van der Waals surface area contributed by atoms with Gasteiger partial charge in [-0.15, -0.1) is 0 Å². The van der Waals surface area contributed by atoms with Crippen LogP contribution in [0, 0.1) is 5.92 Å². The van der Waals surface area contributed by atoms with Crippen LogP contribution < -0.4 is 5.73 Å². The largest absolute Gasteiger partial charge is 0.323 e. The first kappa shape index (κ1) is 16.2. The highest BCUT2D eigenvalue weighted by molar-refractivity contribution is 7.92. The molecule has 0 heterocycles. The maximum Gasteiger partial charge on any atom is 0.155 e. The molecule has 2 N–H and O–H groups in total. The molecule has 1 aromatic rings. The van der Waals surface area contributed by atoms with Crippen LogP contribution in [0.3, 0.4) is 0 Å². The van der Waals surface area contributed by atoms with Crippen LogP contribution in [0.25, 0.3) is 0 Å². The van der Waals surface area contributed by atoms with Crippen LogP contribution in [0.4, 0.5) is 0 Å². The first-order valence-electron chi connectivity index (χ1n) is 6.84. The van der Waals surface area contributed by atoms with Gasteiger partial charge < -0.3 is 5.73 Å². The number of hydrogen-bond donors (Lipinski definition) is 1. The van der Waals surface area contributed by atoms with E-state index in [0.717, 1.165) is 12.0 Å². The number of aryl methyl sites for hydroxylation is 1. The molecule has 0 aliphatic carbocycles. The van der Waals surface area contributed by atoms with Crippen molar-refractivity contribution in [3.05, 3.63) is 35.4 Å². The highest BCUT2D eigenvalue weighted by Gasteiger charge is 2.26. The van der Waals surface area contributed by atoms with Crippen LogP contribution in [0.1, 0.15) is 44.9 Å². The summed E-state index contributed by atoms with van der Waals surface area (Å²) in [6.45, 7) is 7.68. The fourth-order valence-corrected chi connectivity index (χ4v) is 3.74. The van der Waals surface area contributed by atoms with Crippen LogP contribution in [-0.2, 0) is 16.3 Å². The van der Waals surface area contributed by atoms with Gasteiger partial charge in [0.25, 0.3) is 0 Å².